The number of hydrogen-bond donors (Lipinski definition) is 1. The zero-order valence-electron chi connectivity index (χ0n) is 16.8. The Bertz CT molecular complexity index is 596. The minimum absolute atomic E-state index is 0. The number of halogens is 1. The third kappa shape index (κ3) is 5.72. The standard InChI is InChI=1S/C20H34N6S.HI/c21-19(24-10-12-25(13-11-24)20-22-8-14-27-20)23-15-18-7-4-9-26(18)16-17-5-2-1-3-6-17;/h8,14,17-18H,1-7,9-13,15-16H2,(H2,21,23);1H. The number of piperazine rings is 1. The Morgan fingerprint density at radius 2 is 1.86 bits per heavy atom. The van der Waals surface area contributed by atoms with Crippen molar-refractivity contribution in [2.24, 2.45) is 16.6 Å². The SMILES string of the molecule is I.NC(=NCC1CCCN1CC1CCCCC1)N1CCN(c2nccs2)CC1. The molecule has 0 amide bonds. The van der Waals surface area contributed by atoms with Crippen LogP contribution in [-0.2, 0) is 0 Å². The van der Waals surface area contributed by atoms with E-state index in [2.05, 4.69) is 19.7 Å². The van der Waals surface area contributed by atoms with Gasteiger partial charge in [0.1, 0.15) is 0 Å². The number of likely N-dealkylation sites (tertiary alicyclic amines) is 1. The number of thiazole rings is 1. The number of hydrogen-bond acceptors (Lipinski definition) is 5. The molecular weight excluding hydrogens is 483 g/mol. The molecular formula is C20H35IN6S. The molecule has 1 aromatic heterocycles. The molecule has 1 saturated carbocycles. The smallest absolute Gasteiger partial charge is 0.191 e. The van der Waals surface area contributed by atoms with Crippen LogP contribution in [0.3, 0.4) is 0 Å². The summed E-state index contributed by atoms with van der Waals surface area (Å²) in [4.78, 5) is 16.5. The van der Waals surface area contributed by atoms with Crippen molar-refractivity contribution in [1.29, 1.82) is 0 Å². The number of aliphatic imine (C=N–C) groups is 1. The average Bonchev–Trinajstić information content (AvgIpc) is 3.39. The lowest BCUT2D eigenvalue weighted by molar-refractivity contribution is 0.190. The normalized spacial score (nSPS) is 25.1. The van der Waals surface area contributed by atoms with Gasteiger partial charge in [0.2, 0.25) is 0 Å². The average molecular weight is 519 g/mol. The van der Waals surface area contributed by atoms with E-state index in [0.717, 1.165) is 49.7 Å². The summed E-state index contributed by atoms with van der Waals surface area (Å²) in [6.07, 6.45) is 11.6. The summed E-state index contributed by atoms with van der Waals surface area (Å²) in [5.41, 5.74) is 6.35. The fourth-order valence-electron chi connectivity index (χ4n) is 4.84. The van der Waals surface area contributed by atoms with Gasteiger partial charge in [-0.15, -0.1) is 35.3 Å². The van der Waals surface area contributed by atoms with E-state index in [1.165, 1.54) is 58.0 Å². The van der Waals surface area contributed by atoms with Gasteiger partial charge >= 0.3 is 0 Å². The molecule has 2 aliphatic heterocycles. The molecule has 4 rings (SSSR count). The van der Waals surface area contributed by atoms with Crippen LogP contribution >= 0.6 is 35.3 Å². The molecule has 3 heterocycles. The quantitative estimate of drug-likeness (QED) is 0.369. The van der Waals surface area contributed by atoms with Crippen molar-refractivity contribution in [1.82, 2.24) is 14.8 Å². The Morgan fingerprint density at radius 1 is 1.07 bits per heavy atom. The highest BCUT2D eigenvalue weighted by Gasteiger charge is 2.27. The largest absolute Gasteiger partial charge is 0.370 e. The van der Waals surface area contributed by atoms with Crippen molar-refractivity contribution in [2.75, 3.05) is 50.7 Å². The Balaban J connectivity index is 0.00000225. The van der Waals surface area contributed by atoms with Gasteiger partial charge in [0.25, 0.3) is 0 Å². The Labute approximate surface area is 190 Å². The molecule has 1 aromatic rings. The Hall–Kier alpha value is -0.610. The Kier molecular flexibility index (Phi) is 8.65. The molecule has 0 spiro atoms. The molecule has 2 N–H and O–H groups in total. The third-order valence-electron chi connectivity index (χ3n) is 6.47. The van der Waals surface area contributed by atoms with E-state index in [-0.39, 0.29) is 24.0 Å². The Morgan fingerprint density at radius 3 is 2.57 bits per heavy atom. The van der Waals surface area contributed by atoms with Gasteiger partial charge in [-0.25, -0.2) is 4.98 Å². The van der Waals surface area contributed by atoms with Crippen LogP contribution in [0, 0.1) is 5.92 Å². The van der Waals surface area contributed by atoms with Gasteiger partial charge in [-0.2, -0.15) is 0 Å². The van der Waals surface area contributed by atoms with Crippen molar-refractivity contribution in [3.05, 3.63) is 11.6 Å². The summed E-state index contributed by atoms with van der Waals surface area (Å²) >= 11 is 1.71. The van der Waals surface area contributed by atoms with Crippen LogP contribution in [0.1, 0.15) is 44.9 Å². The second-order valence-electron chi connectivity index (χ2n) is 8.28. The van der Waals surface area contributed by atoms with Gasteiger partial charge in [0.15, 0.2) is 11.1 Å². The lowest BCUT2D eigenvalue weighted by atomic mass is 9.89. The van der Waals surface area contributed by atoms with Gasteiger partial charge < -0.3 is 15.5 Å². The molecule has 2 saturated heterocycles. The van der Waals surface area contributed by atoms with Crippen LogP contribution < -0.4 is 10.6 Å². The second-order valence-corrected chi connectivity index (χ2v) is 9.16. The summed E-state index contributed by atoms with van der Waals surface area (Å²) in [5, 5.41) is 3.16. The number of guanidine groups is 1. The number of nitrogens with two attached hydrogens (primary N) is 1. The topological polar surface area (TPSA) is 61.0 Å². The van der Waals surface area contributed by atoms with Crippen molar-refractivity contribution < 1.29 is 0 Å². The highest BCUT2D eigenvalue weighted by Crippen LogP contribution is 2.27. The van der Waals surface area contributed by atoms with Crippen LogP contribution in [0.25, 0.3) is 0 Å². The molecule has 1 unspecified atom stereocenters. The molecule has 0 bridgehead atoms. The zero-order valence-corrected chi connectivity index (χ0v) is 20.0. The van der Waals surface area contributed by atoms with Crippen LogP contribution in [0.2, 0.25) is 0 Å². The molecule has 0 aromatic carbocycles. The van der Waals surface area contributed by atoms with E-state index in [1.54, 1.807) is 11.3 Å². The molecule has 0 radical (unpaired) electrons. The molecule has 28 heavy (non-hydrogen) atoms. The van der Waals surface area contributed by atoms with E-state index in [9.17, 15) is 0 Å². The predicted molar refractivity (Wildman–Crippen MR) is 129 cm³/mol. The van der Waals surface area contributed by atoms with E-state index < -0.39 is 0 Å². The maximum atomic E-state index is 6.35. The van der Waals surface area contributed by atoms with Gasteiger partial charge in [-0.05, 0) is 38.1 Å². The summed E-state index contributed by atoms with van der Waals surface area (Å²) in [5.74, 6) is 1.65. The minimum Gasteiger partial charge on any atom is -0.370 e. The van der Waals surface area contributed by atoms with Crippen LogP contribution in [0.15, 0.2) is 16.6 Å². The summed E-state index contributed by atoms with van der Waals surface area (Å²) in [6.45, 7) is 7.22. The molecule has 8 heteroatoms. The molecule has 158 valence electrons. The van der Waals surface area contributed by atoms with E-state index in [4.69, 9.17) is 10.7 Å². The first-order valence-corrected chi connectivity index (χ1v) is 11.6. The number of nitrogens with zero attached hydrogens (tertiary/aromatic N) is 5. The van der Waals surface area contributed by atoms with Crippen molar-refractivity contribution in [3.8, 4) is 0 Å². The minimum atomic E-state index is 0. The highest BCUT2D eigenvalue weighted by molar-refractivity contribution is 14.0. The molecule has 1 atom stereocenters. The van der Waals surface area contributed by atoms with E-state index >= 15 is 0 Å². The lowest BCUT2D eigenvalue weighted by Gasteiger charge is -2.35. The fourth-order valence-corrected chi connectivity index (χ4v) is 5.54. The molecule has 1 aliphatic carbocycles. The molecule has 6 nitrogen and oxygen atoms in total. The van der Waals surface area contributed by atoms with E-state index in [1.807, 2.05) is 11.6 Å². The van der Waals surface area contributed by atoms with Crippen LogP contribution in [0.5, 0.6) is 0 Å². The lowest BCUT2D eigenvalue weighted by Crippen LogP contribution is -2.51. The molecule has 3 fully saturated rings. The van der Waals surface area contributed by atoms with Crippen molar-refractivity contribution in [3.63, 3.8) is 0 Å². The number of aromatic nitrogens is 1. The molecule has 3 aliphatic rings. The number of anilines is 1. The fraction of sp³-hybridized carbons (Fsp3) is 0.800. The van der Waals surface area contributed by atoms with Crippen molar-refractivity contribution in [2.45, 2.75) is 51.0 Å². The zero-order chi connectivity index (χ0) is 18.5. The highest BCUT2D eigenvalue weighted by atomic mass is 127. The van der Waals surface area contributed by atoms with E-state index in [0.29, 0.717) is 6.04 Å². The monoisotopic (exact) mass is 518 g/mol. The third-order valence-corrected chi connectivity index (χ3v) is 7.31. The van der Waals surface area contributed by atoms with Gasteiger partial charge in [-0.1, -0.05) is 19.3 Å². The van der Waals surface area contributed by atoms with Gasteiger partial charge in [0.05, 0.1) is 6.54 Å². The van der Waals surface area contributed by atoms with Gasteiger partial charge in [-0.3, -0.25) is 9.89 Å². The van der Waals surface area contributed by atoms with Crippen LogP contribution in [-0.4, -0.2) is 72.6 Å². The van der Waals surface area contributed by atoms with Crippen LogP contribution in [0.4, 0.5) is 5.13 Å². The first-order chi connectivity index (χ1) is 13.3. The predicted octanol–water partition coefficient (Wildman–Crippen LogP) is 3.24. The number of rotatable bonds is 5. The second kappa shape index (κ2) is 11.0. The summed E-state index contributed by atoms with van der Waals surface area (Å²) in [7, 11) is 0. The summed E-state index contributed by atoms with van der Waals surface area (Å²) in [6, 6.07) is 0.599. The maximum absolute atomic E-state index is 6.35. The first-order valence-electron chi connectivity index (χ1n) is 10.7. The maximum Gasteiger partial charge on any atom is 0.191 e. The van der Waals surface area contributed by atoms with Gasteiger partial charge in [0, 0.05) is 50.3 Å². The summed E-state index contributed by atoms with van der Waals surface area (Å²) < 4.78 is 0. The first kappa shape index (κ1) is 22.1. The van der Waals surface area contributed by atoms with Crippen molar-refractivity contribution >= 4 is 46.4 Å².